The van der Waals surface area contributed by atoms with E-state index in [1.807, 2.05) is 0 Å². The highest BCUT2D eigenvalue weighted by Crippen LogP contribution is 2.31. The van der Waals surface area contributed by atoms with Gasteiger partial charge in [0, 0.05) is 5.56 Å². The van der Waals surface area contributed by atoms with Gasteiger partial charge in [-0.25, -0.2) is 0 Å². The molecule has 3 nitrogen and oxygen atoms in total. The topological polar surface area (TPSA) is 49.7 Å². The quantitative estimate of drug-likeness (QED) is 0.816. The molecule has 0 radical (unpaired) electrons. The molecule has 0 aliphatic carbocycles. The molecule has 0 saturated carbocycles. The monoisotopic (exact) mass is 232 g/mol. The molecular weight excluding hydrogens is 224 g/mol. The van der Waals surface area contributed by atoms with Crippen LogP contribution in [0.15, 0.2) is 16.6 Å². The fourth-order valence-electron chi connectivity index (χ4n) is 0.868. The molecule has 0 amide bonds. The molecule has 0 unspecified atom stereocenters. The van der Waals surface area contributed by atoms with Crippen molar-refractivity contribution in [3.63, 3.8) is 0 Å². The van der Waals surface area contributed by atoms with Crippen LogP contribution in [0.3, 0.4) is 0 Å². The fraction of sp³-hybridized carbons (Fsp3) is 0.250. The van der Waals surface area contributed by atoms with E-state index >= 15 is 0 Å². The van der Waals surface area contributed by atoms with Crippen LogP contribution in [0.5, 0.6) is 11.5 Å². The van der Waals surface area contributed by atoms with Gasteiger partial charge in [-0.1, -0.05) is 0 Å². The van der Waals surface area contributed by atoms with Gasteiger partial charge in [-0.2, -0.15) is 0 Å². The van der Waals surface area contributed by atoms with Gasteiger partial charge in [-0.3, -0.25) is 0 Å². The summed E-state index contributed by atoms with van der Waals surface area (Å²) >= 11 is 3.20. The summed E-state index contributed by atoms with van der Waals surface area (Å²) in [4.78, 5) is 0. The molecule has 0 atom stereocenters. The van der Waals surface area contributed by atoms with E-state index in [-0.39, 0.29) is 12.4 Å². The molecule has 2 N–H and O–H groups in total. The molecule has 12 heavy (non-hydrogen) atoms. The lowest BCUT2D eigenvalue weighted by molar-refractivity contribution is 0.274. The number of aromatic hydroxyl groups is 1. The van der Waals surface area contributed by atoms with Gasteiger partial charge in [0.15, 0.2) is 0 Å². The van der Waals surface area contributed by atoms with E-state index in [9.17, 15) is 5.11 Å². The van der Waals surface area contributed by atoms with E-state index in [1.54, 1.807) is 6.07 Å². The highest BCUT2D eigenvalue weighted by Gasteiger charge is 2.06. The van der Waals surface area contributed by atoms with Gasteiger partial charge >= 0.3 is 0 Å². The third-order valence-corrected chi connectivity index (χ3v) is 2.14. The Hall–Kier alpha value is -0.740. The summed E-state index contributed by atoms with van der Waals surface area (Å²) in [7, 11) is 1.53. The van der Waals surface area contributed by atoms with Crippen molar-refractivity contribution in [3.8, 4) is 11.5 Å². The first-order valence-electron chi connectivity index (χ1n) is 3.35. The maximum absolute atomic E-state index is 9.27. The highest BCUT2D eigenvalue weighted by molar-refractivity contribution is 9.10. The van der Waals surface area contributed by atoms with E-state index in [1.165, 1.54) is 13.2 Å². The minimum absolute atomic E-state index is 0.0603. The first-order valence-corrected chi connectivity index (χ1v) is 4.14. The van der Waals surface area contributed by atoms with Gasteiger partial charge in [-0.05, 0) is 28.1 Å². The van der Waals surface area contributed by atoms with Gasteiger partial charge < -0.3 is 14.9 Å². The summed E-state index contributed by atoms with van der Waals surface area (Å²) in [5, 5.41) is 18.1. The van der Waals surface area contributed by atoms with Gasteiger partial charge in [0.2, 0.25) is 0 Å². The predicted molar refractivity (Wildman–Crippen MR) is 48.3 cm³/mol. The number of ether oxygens (including phenoxy) is 1. The first-order chi connectivity index (χ1) is 5.69. The normalized spacial score (nSPS) is 9.92. The summed E-state index contributed by atoms with van der Waals surface area (Å²) in [6, 6.07) is 3.07. The van der Waals surface area contributed by atoms with E-state index in [0.29, 0.717) is 15.8 Å². The SMILES string of the molecule is COc1cc(CO)c(O)cc1Br. The van der Waals surface area contributed by atoms with Crippen LogP contribution in [0.2, 0.25) is 0 Å². The molecule has 0 aliphatic heterocycles. The van der Waals surface area contributed by atoms with Gasteiger partial charge in [0.1, 0.15) is 11.5 Å². The van der Waals surface area contributed by atoms with Gasteiger partial charge in [0.25, 0.3) is 0 Å². The lowest BCUT2D eigenvalue weighted by Gasteiger charge is -2.06. The second-order valence-corrected chi connectivity index (χ2v) is 3.13. The Kier molecular flexibility index (Phi) is 2.94. The van der Waals surface area contributed by atoms with Crippen molar-refractivity contribution in [1.29, 1.82) is 0 Å². The van der Waals surface area contributed by atoms with Crippen molar-refractivity contribution >= 4 is 15.9 Å². The Labute approximate surface area is 78.7 Å². The standard InChI is InChI=1S/C8H9BrO3/c1-12-8-2-5(4-10)7(11)3-6(8)9/h2-3,10-11H,4H2,1H3. The van der Waals surface area contributed by atoms with Gasteiger partial charge in [0.05, 0.1) is 18.2 Å². The number of halogens is 1. The number of aliphatic hydroxyl groups excluding tert-OH is 1. The van der Waals surface area contributed by atoms with Crippen molar-refractivity contribution in [2.24, 2.45) is 0 Å². The maximum Gasteiger partial charge on any atom is 0.133 e. The van der Waals surface area contributed by atoms with E-state index in [0.717, 1.165) is 0 Å². The molecule has 4 heteroatoms. The van der Waals surface area contributed by atoms with E-state index in [4.69, 9.17) is 9.84 Å². The lowest BCUT2D eigenvalue weighted by atomic mass is 10.2. The Morgan fingerprint density at radius 3 is 2.67 bits per heavy atom. The molecule has 1 rings (SSSR count). The number of hydrogen-bond donors (Lipinski definition) is 2. The third-order valence-electron chi connectivity index (χ3n) is 1.52. The first kappa shape index (κ1) is 9.35. The number of rotatable bonds is 2. The molecule has 0 spiro atoms. The van der Waals surface area contributed by atoms with Crippen LogP contribution in [0.1, 0.15) is 5.56 Å². The van der Waals surface area contributed by atoms with Crippen molar-refractivity contribution in [1.82, 2.24) is 0 Å². The Morgan fingerprint density at radius 1 is 1.50 bits per heavy atom. The van der Waals surface area contributed by atoms with Crippen molar-refractivity contribution in [3.05, 3.63) is 22.2 Å². The molecule has 66 valence electrons. The second kappa shape index (κ2) is 3.78. The number of phenols is 1. The predicted octanol–water partition coefficient (Wildman–Crippen LogP) is 1.66. The minimum atomic E-state index is -0.199. The molecule has 0 aliphatic rings. The van der Waals surface area contributed by atoms with E-state index in [2.05, 4.69) is 15.9 Å². The van der Waals surface area contributed by atoms with Crippen LogP contribution in [0, 0.1) is 0 Å². The van der Waals surface area contributed by atoms with Crippen molar-refractivity contribution < 1.29 is 14.9 Å². The maximum atomic E-state index is 9.27. The van der Waals surface area contributed by atoms with Crippen molar-refractivity contribution in [2.45, 2.75) is 6.61 Å². The van der Waals surface area contributed by atoms with Crippen molar-refractivity contribution in [2.75, 3.05) is 7.11 Å². The second-order valence-electron chi connectivity index (χ2n) is 2.27. The lowest BCUT2D eigenvalue weighted by Crippen LogP contribution is -1.89. The zero-order valence-corrected chi connectivity index (χ0v) is 8.13. The Balaban J connectivity index is 3.18. The zero-order chi connectivity index (χ0) is 9.14. The molecule has 0 saturated heterocycles. The smallest absolute Gasteiger partial charge is 0.133 e. The molecule has 1 aromatic carbocycles. The minimum Gasteiger partial charge on any atom is -0.508 e. The van der Waals surface area contributed by atoms with Gasteiger partial charge in [-0.15, -0.1) is 0 Å². The van der Waals surface area contributed by atoms with Crippen LogP contribution >= 0.6 is 15.9 Å². The van der Waals surface area contributed by atoms with Crippen LogP contribution in [-0.4, -0.2) is 17.3 Å². The summed E-state index contributed by atoms with van der Waals surface area (Å²) in [5.41, 5.74) is 0.454. The molecule has 0 fully saturated rings. The Bertz CT molecular complexity index is 261. The summed E-state index contributed by atoms with van der Waals surface area (Å²) in [5.74, 6) is 0.655. The average molecular weight is 233 g/mol. The Morgan fingerprint density at radius 2 is 2.17 bits per heavy atom. The fourth-order valence-corrected chi connectivity index (χ4v) is 1.36. The molecular formula is C8H9BrO3. The third kappa shape index (κ3) is 1.70. The number of aliphatic hydroxyl groups is 1. The molecule has 0 bridgehead atoms. The summed E-state index contributed by atoms with van der Waals surface area (Å²) in [6.45, 7) is -0.199. The largest absolute Gasteiger partial charge is 0.508 e. The van der Waals surface area contributed by atoms with Crippen LogP contribution in [-0.2, 0) is 6.61 Å². The van der Waals surface area contributed by atoms with E-state index < -0.39 is 0 Å². The zero-order valence-electron chi connectivity index (χ0n) is 6.54. The average Bonchev–Trinajstić information content (AvgIpc) is 2.05. The summed E-state index contributed by atoms with van der Waals surface area (Å²) in [6.07, 6.45) is 0. The van der Waals surface area contributed by atoms with Crippen LogP contribution < -0.4 is 4.74 Å². The number of methoxy groups -OCH3 is 1. The van der Waals surface area contributed by atoms with Crippen LogP contribution in [0.25, 0.3) is 0 Å². The molecule has 0 aromatic heterocycles. The number of hydrogen-bond acceptors (Lipinski definition) is 3. The van der Waals surface area contributed by atoms with Crippen LogP contribution in [0.4, 0.5) is 0 Å². The number of benzene rings is 1. The summed E-state index contributed by atoms with van der Waals surface area (Å²) < 4.78 is 5.64. The highest BCUT2D eigenvalue weighted by atomic mass is 79.9. The molecule has 1 aromatic rings. The molecule has 0 heterocycles.